The van der Waals surface area contributed by atoms with Crippen LogP contribution in [0.5, 0.6) is 0 Å². The Morgan fingerprint density at radius 1 is 1.12 bits per heavy atom. The highest BCUT2D eigenvalue weighted by atomic mass is 35.5. The molecule has 10 heteroatoms. The smallest absolute Gasteiger partial charge is 0.249 e. The lowest BCUT2D eigenvalue weighted by atomic mass is 10.0. The SMILES string of the molecule is Cc1ccc(-c2c(C)nn3c2NC(=O)CCC3=O)cc1S(=O)(=O)NCc1ccccc1Cl. The molecule has 1 aliphatic rings. The second-order valence-corrected chi connectivity index (χ2v) is 9.70. The molecule has 3 aromatic rings. The van der Waals surface area contributed by atoms with E-state index in [1.807, 2.05) is 0 Å². The van der Waals surface area contributed by atoms with E-state index in [-0.39, 0.29) is 41.9 Å². The van der Waals surface area contributed by atoms with Crippen LogP contribution in [0.2, 0.25) is 5.02 Å². The maximum absolute atomic E-state index is 13.1. The van der Waals surface area contributed by atoms with Crippen molar-refractivity contribution < 1.29 is 18.0 Å². The molecule has 0 fully saturated rings. The number of nitrogens with one attached hydrogen (secondary N) is 2. The van der Waals surface area contributed by atoms with Crippen LogP contribution >= 0.6 is 11.6 Å². The van der Waals surface area contributed by atoms with E-state index in [0.717, 1.165) is 0 Å². The van der Waals surface area contributed by atoms with Crippen molar-refractivity contribution in [1.82, 2.24) is 14.5 Å². The van der Waals surface area contributed by atoms with Crippen molar-refractivity contribution in [3.05, 3.63) is 64.3 Å². The Morgan fingerprint density at radius 3 is 2.62 bits per heavy atom. The van der Waals surface area contributed by atoms with Crippen LogP contribution in [-0.2, 0) is 21.4 Å². The van der Waals surface area contributed by atoms with E-state index in [2.05, 4.69) is 15.1 Å². The standard InChI is InChI=1S/C22H21ClN4O4S/c1-13-7-8-15(21-14(2)26-27-20(29)10-9-19(28)25-22(21)27)11-18(13)32(30,31)24-12-16-5-3-4-6-17(16)23/h3-8,11,24H,9-10,12H2,1-2H3,(H,25,28). The van der Waals surface area contributed by atoms with Gasteiger partial charge in [-0.2, -0.15) is 9.78 Å². The van der Waals surface area contributed by atoms with Gasteiger partial charge in [0.25, 0.3) is 0 Å². The molecule has 1 amide bonds. The summed E-state index contributed by atoms with van der Waals surface area (Å²) < 4.78 is 30.0. The zero-order valence-corrected chi connectivity index (χ0v) is 19.0. The van der Waals surface area contributed by atoms with E-state index in [9.17, 15) is 18.0 Å². The van der Waals surface area contributed by atoms with Gasteiger partial charge in [-0.3, -0.25) is 9.59 Å². The number of halogens is 1. The van der Waals surface area contributed by atoms with Crippen LogP contribution in [0.3, 0.4) is 0 Å². The number of aromatic nitrogens is 2. The molecule has 166 valence electrons. The van der Waals surface area contributed by atoms with E-state index in [1.54, 1.807) is 50.2 Å². The number of hydrogen-bond donors (Lipinski definition) is 2. The lowest BCUT2D eigenvalue weighted by molar-refractivity contribution is -0.116. The Morgan fingerprint density at radius 2 is 1.88 bits per heavy atom. The molecule has 0 aliphatic carbocycles. The summed E-state index contributed by atoms with van der Waals surface area (Å²) in [6.07, 6.45) is 0.124. The third-order valence-electron chi connectivity index (χ3n) is 5.30. The van der Waals surface area contributed by atoms with Gasteiger partial charge in [0.15, 0.2) is 0 Å². The molecule has 0 saturated carbocycles. The van der Waals surface area contributed by atoms with Gasteiger partial charge < -0.3 is 5.32 Å². The lowest BCUT2D eigenvalue weighted by Crippen LogP contribution is -2.24. The molecule has 4 rings (SSSR count). The van der Waals surface area contributed by atoms with Crippen LogP contribution < -0.4 is 10.0 Å². The van der Waals surface area contributed by atoms with Crippen molar-refractivity contribution in [1.29, 1.82) is 0 Å². The zero-order valence-electron chi connectivity index (χ0n) is 17.5. The Labute approximate surface area is 190 Å². The van der Waals surface area contributed by atoms with Crippen LogP contribution in [0, 0.1) is 13.8 Å². The van der Waals surface area contributed by atoms with E-state index in [4.69, 9.17) is 11.6 Å². The number of amides is 1. The van der Waals surface area contributed by atoms with Crippen LogP contribution in [0.1, 0.15) is 34.5 Å². The molecule has 1 aromatic heterocycles. The summed E-state index contributed by atoms with van der Waals surface area (Å²) in [6.45, 7) is 3.45. The van der Waals surface area contributed by atoms with Crippen LogP contribution in [0.15, 0.2) is 47.4 Å². The first kappa shape index (κ1) is 22.2. The molecule has 2 aromatic carbocycles. The van der Waals surface area contributed by atoms with Crippen LogP contribution in [0.25, 0.3) is 11.1 Å². The lowest BCUT2D eigenvalue weighted by Gasteiger charge is -2.13. The highest BCUT2D eigenvalue weighted by molar-refractivity contribution is 7.89. The van der Waals surface area contributed by atoms with Gasteiger partial charge in [0, 0.05) is 30.0 Å². The molecule has 0 bridgehead atoms. The summed E-state index contributed by atoms with van der Waals surface area (Å²) in [6, 6.07) is 12.0. The number of benzene rings is 2. The number of sulfonamides is 1. The third kappa shape index (κ3) is 4.19. The minimum Gasteiger partial charge on any atom is -0.310 e. The average molecular weight is 473 g/mol. The second kappa shape index (κ2) is 8.50. The van der Waals surface area contributed by atoms with Crippen molar-refractivity contribution in [2.45, 2.75) is 38.1 Å². The summed E-state index contributed by atoms with van der Waals surface area (Å²) in [5.41, 5.74) is 2.76. The van der Waals surface area contributed by atoms with Crippen LogP contribution in [-0.4, -0.2) is 30.0 Å². The molecule has 1 aliphatic heterocycles. The molecular formula is C22H21ClN4O4S. The van der Waals surface area contributed by atoms with Crippen molar-refractivity contribution in [2.75, 3.05) is 5.32 Å². The molecule has 0 spiro atoms. The molecule has 8 nitrogen and oxygen atoms in total. The van der Waals surface area contributed by atoms with Gasteiger partial charge in [-0.25, -0.2) is 13.1 Å². The van der Waals surface area contributed by atoms with E-state index < -0.39 is 10.0 Å². The van der Waals surface area contributed by atoms with Gasteiger partial charge in [-0.05, 0) is 42.7 Å². The molecule has 2 N–H and O–H groups in total. The largest absolute Gasteiger partial charge is 0.310 e. The normalized spacial score (nSPS) is 14.1. The maximum Gasteiger partial charge on any atom is 0.249 e. The molecular weight excluding hydrogens is 452 g/mol. The number of anilines is 1. The summed E-state index contributed by atoms with van der Waals surface area (Å²) in [5.74, 6) is -0.333. The number of aryl methyl sites for hydroxylation is 2. The van der Waals surface area contributed by atoms with Gasteiger partial charge in [0.05, 0.1) is 10.6 Å². The van der Waals surface area contributed by atoms with E-state index in [0.29, 0.717) is 33.0 Å². The van der Waals surface area contributed by atoms with Crippen LogP contribution in [0.4, 0.5) is 5.82 Å². The Bertz CT molecular complexity index is 1350. The summed E-state index contributed by atoms with van der Waals surface area (Å²) in [4.78, 5) is 24.5. The number of fused-ring (bicyclic) bond motifs is 1. The Hall–Kier alpha value is -3.01. The number of hydrogen-bond acceptors (Lipinski definition) is 5. The number of nitrogens with zero attached hydrogens (tertiary/aromatic N) is 2. The fourth-order valence-electron chi connectivity index (χ4n) is 3.63. The van der Waals surface area contributed by atoms with Crippen molar-refractivity contribution in [3.8, 4) is 11.1 Å². The molecule has 32 heavy (non-hydrogen) atoms. The van der Waals surface area contributed by atoms with Gasteiger partial charge in [0.2, 0.25) is 21.8 Å². The van der Waals surface area contributed by atoms with Gasteiger partial charge in [-0.15, -0.1) is 0 Å². The number of carbonyl (C=O) groups excluding carboxylic acids is 2. The Kier molecular flexibility index (Phi) is 5.89. The predicted octanol–water partition coefficient (Wildman–Crippen LogP) is 3.67. The van der Waals surface area contributed by atoms with Crippen molar-refractivity contribution in [2.24, 2.45) is 0 Å². The second-order valence-electron chi connectivity index (χ2n) is 7.56. The Balaban J connectivity index is 1.73. The first-order chi connectivity index (χ1) is 15.2. The average Bonchev–Trinajstić information content (AvgIpc) is 3.00. The molecule has 0 atom stereocenters. The van der Waals surface area contributed by atoms with Crippen molar-refractivity contribution >= 4 is 39.3 Å². The van der Waals surface area contributed by atoms with Crippen molar-refractivity contribution in [3.63, 3.8) is 0 Å². The van der Waals surface area contributed by atoms with Gasteiger partial charge >= 0.3 is 0 Å². The zero-order chi connectivity index (χ0) is 23.0. The molecule has 2 heterocycles. The minimum absolute atomic E-state index is 0.0401. The monoisotopic (exact) mass is 472 g/mol. The van der Waals surface area contributed by atoms with E-state index in [1.165, 1.54) is 10.7 Å². The molecule has 0 unspecified atom stereocenters. The highest BCUT2D eigenvalue weighted by Gasteiger charge is 2.27. The maximum atomic E-state index is 13.1. The third-order valence-corrected chi connectivity index (χ3v) is 7.21. The summed E-state index contributed by atoms with van der Waals surface area (Å²) in [7, 11) is -3.87. The summed E-state index contributed by atoms with van der Waals surface area (Å²) in [5, 5.41) is 7.47. The predicted molar refractivity (Wildman–Crippen MR) is 121 cm³/mol. The van der Waals surface area contributed by atoms with Gasteiger partial charge in [0.1, 0.15) is 5.82 Å². The molecule has 0 saturated heterocycles. The molecule has 0 radical (unpaired) electrons. The highest BCUT2D eigenvalue weighted by Crippen LogP contribution is 2.35. The summed E-state index contributed by atoms with van der Waals surface area (Å²) >= 11 is 6.14. The fourth-order valence-corrected chi connectivity index (χ4v) is 5.10. The first-order valence-electron chi connectivity index (χ1n) is 9.94. The quantitative estimate of drug-likeness (QED) is 0.588. The fraction of sp³-hybridized carbons (Fsp3) is 0.227. The number of rotatable bonds is 5. The first-order valence-corrected chi connectivity index (χ1v) is 11.8. The minimum atomic E-state index is -3.87. The number of carbonyl (C=O) groups is 2. The topological polar surface area (TPSA) is 110 Å². The van der Waals surface area contributed by atoms with Gasteiger partial charge in [-0.1, -0.05) is 41.9 Å². The van der Waals surface area contributed by atoms with E-state index >= 15 is 0 Å².